The van der Waals surface area contributed by atoms with Crippen molar-refractivity contribution in [3.63, 3.8) is 0 Å². The van der Waals surface area contributed by atoms with Crippen LogP contribution in [0.25, 0.3) is 0 Å². The van der Waals surface area contributed by atoms with Gasteiger partial charge in [-0.05, 0) is 12.8 Å². The lowest BCUT2D eigenvalue weighted by Crippen LogP contribution is -2.50. The van der Waals surface area contributed by atoms with Gasteiger partial charge in [0, 0.05) is 44.1 Å². The molecule has 2 aliphatic carbocycles. The van der Waals surface area contributed by atoms with Gasteiger partial charge in [0.05, 0.1) is 26.4 Å². The molecule has 0 bridgehead atoms. The van der Waals surface area contributed by atoms with Gasteiger partial charge in [-0.2, -0.15) is 0 Å². The Kier molecular flexibility index (Phi) is 3.08. The van der Waals surface area contributed by atoms with Crippen molar-refractivity contribution in [1.82, 2.24) is 9.80 Å². The van der Waals surface area contributed by atoms with Crippen LogP contribution in [-0.4, -0.2) is 79.3 Å². The van der Waals surface area contributed by atoms with E-state index in [1.54, 1.807) is 0 Å². The molecule has 0 aromatic carbocycles. The molecule has 2 aliphatic heterocycles. The smallest absolute Gasteiger partial charge is 0.125 e. The van der Waals surface area contributed by atoms with E-state index in [9.17, 15) is 5.11 Å². The molecule has 4 fully saturated rings. The summed E-state index contributed by atoms with van der Waals surface area (Å²) >= 11 is 0. The zero-order valence-electron chi connectivity index (χ0n) is 11.5. The monoisotopic (exact) mass is 268 g/mol. The van der Waals surface area contributed by atoms with E-state index >= 15 is 0 Å². The highest BCUT2D eigenvalue weighted by molar-refractivity contribution is 5.17. The van der Waals surface area contributed by atoms with Crippen molar-refractivity contribution in [2.75, 3.05) is 52.6 Å². The van der Waals surface area contributed by atoms with Gasteiger partial charge in [-0.1, -0.05) is 0 Å². The Hall–Kier alpha value is -0.200. The van der Waals surface area contributed by atoms with Gasteiger partial charge in [0.15, 0.2) is 0 Å². The molecule has 0 amide bonds. The molecule has 0 radical (unpaired) electrons. The standard InChI is InChI=1S/C14H24N2O3/c17-14(16-3-7-19-8-4-16)12-9-11(10-13(12)14)15-1-5-18-6-2-15/h11-13,17H,1-10H2/t11?,12-,13+,14?. The van der Waals surface area contributed by atoms with Crippen molar-refractivity contribution in [2.24, 2.45) is 11.8 Å². The number of aliphatic hydroxyl groups is 1. The molecule has 0 aromatic rings. The van der Waals surface area contributed by atoms with Crippen LogP contribution in [0.4, 0.5) is 0 Å². The Morgan fingerprint density at radius 1 is 0.842 bits per heavy atom. The van der Waals surface area contributed by atoms with Crippen molar-refractivity contribution in [2.45, 2.75) is 24.6 Å². The molecular weight excluding hydrogens is 244 g/mol. The van der Waals surface area contributed by atoms with Crippen LogP contribution in [-0.2, 0) is 9.47 Å². The van der Waals surface area contributed by atoms with E-state index in [0.29, 0.717) is 17.9 Å². The van der Waals surface area contributed by atoms with Crippen molar-refractivity contribution >= 4 is 0 Å². The van der Waals surface area contributed by atoms with Gasteiger partial charge >= 0.3 is 0 Å². The maximum Gasteiger partial charge on any atom is 0.125 e. The molecule has 19 heavy (non-hydrogen) atoms. The minimum atomic E-state index is -0.493. The normalized spacial score (nSPS) is 48.2. The molecular formula is C14H24N2O3. The number of nitrogens with zero attached hydrogens (tertiary/aromatic N) is 2. The SMILES string of the molecule is OC1(N2CCOCC2)[C@@H]2CC(N3CCOCC3)C[C@@H]21. The number of hydrogen-bond acceptors (Lipinski definition) is 5. The first-order valence-corrected chi connectivity index (χ1v) is 7.67. The summed E-state index contributed by atoms with van der Waals surface area (Å²) in [6.45, 7) is 7.22. The molecule has 4 aliphatic rings. The van der Waals surface area contributed by atoms with Crippen LogP contribution in [0.1, 0.15) is 12.8 Å². The Morgan fingerprint density at radius 2 is 1.37 bits per heavy atom. The lowest BCUT2D eigenvalue weighted by Gasteiger charge is -2.38. The second-order valence-electron chi connectivity index (χ2n) is 6.37. The van der Waals surface area contributed by atoms with E-state index in [2.05, 4.69) is 9.80 Å². The second-order valence-corrected chi connectivity index (χ2v) is 6.37. The van der Waals surface area contributed by atoms with Crippen molar-refractivity contribution in [3.8, 4) is 0 Å². The largest absolute Gasteiger partial charge is 0.379 e. The first-order chi connectivity index (χ1) is 9.30. The van der Waals surface area contributed by atoms with Crippen LogP contribution in [0, 0.1) is 11.8 Å². The molecule has 2 saturated heterocycles. The number of hydrogen-bond donors (Lipinski definition) is 1. The molecule has 2 saturated carbocycles. The van der Waals surface area contributed by atoms with E-state index in [-0.39, 0.29) is 0 Å². The highest BCUT2D eigenvalue weighted by Crippen LogP contribution is 2.62. The summed E-state index contributed by atoms with van der Waals surface area (Å²) in [6.07, 6.45) is 2.33. The first-order valence-electron chi connectivity index (χ1n) is 7.67. The van der Waals surface area contributed by atoms with Crippen LogP contribution < -0.4 is 0 Å². The van der Waals surface area contributed by atoms with Crippen molar-refractivity contribution in [3.05, 3.63) is 0 Å². The van der Waals surface area contributed by atoms with E-state index in [1.807, 2.05) is 0 Å². The van der Waals surface area contributed by atoms with E-state index in [1.165, 1.54) is 12.8 Å². The summed E-state index contributed by atoms with van der Waals surface area (Å²) in [4.78, 5) is 4.83. The molecule has 2 heterocycles. The Morgan fingerprint density at radius 3 is 1.95 bits per heavy atom. The summed E-state index contributed by atoms with van der Waals surface area (Å²) < 4.78 is 10.8. The van der Waals surface area contributed by atoms with Crippen LogP contribution in [0.2, 0.25) is 0 Å². The van der Waals surface area contributed by atoms with Gasteiger partial charge in [-0.15, -0.1) is 0 Å². The van der Waals surface area contributed by atoms with Gasteiger partial charge in [0.25, 0.3) is 0 Å². The molecule has 0 spiro atoms. The van der Waals surface area contributed by atoms with Crippen LogP contribution in [0.3, 0.4) is 0 Å². The number of rotatable bonds is 2. The third-order valence-electron chi connectivity index (χ3n) is 5.60. The fraction of sp³-hybridized carbons (Fsp3) is 1.00. The average Bonchev–Trinajstić information content (AvgIpc) is 2.87. The van der Waals surface area contributed by atoms with Gasteiger partial charge in [0.2, 0.25) is 0 Å². The average molecular weight is 268 g/mol. The van der Waals surface area contributed by atoms with E-state index < -0.39 is 5.72 Å². The summed E-state index contributed by atoms with van der Waals surface area (Å²) in [5.74, 6) is 0.997. The molecule has 4 rings (SSSR count). The van der Waals surface area contributed by atoms with Crippen molar-refractivity contribution in [1.29, 1.82) is 0 Å². The molecule has 0 aromatic heterocycles. The van der Waals surface area contributed by atoms with E-state index in [0.717, 1.165) is 52.6 Å². The van der Waals surface area contributed by atoms with Crippen molar-refractivity contribution < 1.29 is 14.6 Å². The van der Waals surface area contributed by atoms with E-state index in [4.69, 9.17) is 9.47 Å². The minimum Gasteiger partial charge on any atom is -0.379 e. The van der Waals surface area contributed by atoms with Crippen LogP contribution in [0.5, 0.6) is 0 Å². The third kappa shape index (κ3) is 1.94. The molecule has 5 heteroatoms. The molecule has 4 atom stereocenters. The fourth-order valence-corrected chi connectivity index (χ4v) is 4.49. The van der Waals surface area contributed by atoms with Crippen LogP contribution in [0.15, 0.2) is 0 Å². The Bertz CT molecular complexity index is 328. The topological polar surface area (TPSA) is 45.2 Å². The van der Waals surface area contributed by atoms with Gasteiger partial charge in [-0.3, -0.25) is 9.80 Å². The number of fused-ring (bicyclic) bond motifs is 1. The van der Waals surface area contributed by atoms with Gasteiger partial charge in [-0.25, -0.2) is 0 Å². The molecule has 1 N–H and O–H groups in total. The number of ether oxygens (including phenoxy) is 2. The molecule has 108 valence electrons. The number of morpholine rings is 2. The molecule has 2 unspecified atom stereocenters. The third-order valence-corrected chi connectivity index (χ3v) is 5.60. The predicted molar refractivity (Wildman–Crippen MR) is 69.7 cm³/mol. The summed E-state index contributed by atoms with van der Waals surface area (Å²) in [5, 5.41) is 10.9. The zero-order chi connectivity index (χ0) is 12.9. The summed E-state index contributed by atoms with van der Waals surface area (Å²) in [5.41, 5.74) is -0.493. The summed E-state index contributed by atoms with van der Waals surface area (Å²) in [7, 11) is 0. The Labute approximate surface area is 114 Å². The quantitative estimate of drug-likeness (QED) is 0.748. The van der Waals surface area contributed by atoms with Gasteiger partial charge in [0.1, 0.15) is 5.72 Å². The lowest BCUT2D eigenvalue weighted by atomic mass is 10.1. The first kappa shape index (κ1) is 12.5. The van der Waals surface area contributed by atoms with Crippen LogP contribution >= 0.6 is 0 Å². The second kappa shape index (κ2) is 4.67. The summed E-state index contributed by atoms with van der Waals surface area (Å²) in [6, 6.07) is 0.681. The molecule has 5 nitrogen and oxygen atoms in total. The predicted octanol–water partition coefficient (Wildman–Crippen LogP) is -0.252. The highest BCUT2D eigenvalue weighted by Gasteiger charge is 2.70. The highest BCUT2D eigenvalue weighted by atomic mass is 16.5. The zero-order valence-corrected chi connectivity index (χ0v) is 11.5. The lowest BCUT2D eigenvalue weighted by molar-refractivity contribution is -0.103. The van der Waals surface area contributed by atoms with Gasteiger partial charge < -0.3 is 14.6 Å². The fourth-order valence-electron chi connectivity index (χ4n) is 4.49. The maximum absolute atomic E-state index is 10.9. The maximum atomic E-state index is 10.9. The minimum absolute atomic E-state index is 0.493. The Balaban J connectivity index is 1.36.